The number of benzene rings is 4. The Labute approximate surface area is 227 Å². The molecule has 9 heteroatoms. The van der Waals surface area contributed by atoms with Gasteiger partial charge in [-0.1, -0.05) is 41.9 Å². The minimum atomic E-state index is -1.04. The van der Waals surface area contributed by atoms with Crippen LogP contribution in [0.15, 0.2) is 85.1 Å². The van der Waals surface area contributed by atoms with Gasteiger partial charge in [0.05, 0.1) is 35.4 Å². The Balaban J connectivity index is 1.56. The van der Waals surface area contributed by atoms with E-state index in [0.29, 0.717) is 44.7 Å². The summed E-state index contributed by atoms with van der Waals surface area (Å²) in [6, 6.07) is 20.1. The Morgan fingerprint density at radius 3 is 2.44 bits per heavy atom. The zero-order valence-corrected chi connectivity index (χ0v) is 21.4. The van der Waals surface area contributed by atoms with Crippen LogP contribution in [0.25, 0.3) is 22.0 Å². The third kappa shape index (κ3) is 5.51. The van der Waals surface area contributed by atoms with Crippen LogP contribution < -0.4 is 5.32 Å². The van der Waals surface area contributed by atoms with Crippen molar-refractivity contribution in [2.75, 3.05) is 0 Å². The molecule has 5 aromatic rings. The molecule has 1 heterocycles. The first kappa shape index (κ1) is 26.1. The van der Waals surface area contributed by atoms with E-state index in [1.165, 1.54) is 18.2 Å². The van der Waals surface area contributed by atoms with Crippen molar-refractivity contribution in [1.82, 2.24) is 15.1 Å². The second-order valence-electron chi connectivity index (χ2n) is 9.14. The molecule has 0 spiro atoms. The van der Waals surface area contributed by atoms with Gasteiger partial charge in [0.2, 0.25) is 0 Å². The molecule has 0 bridgehead atoms. The van der Waals surface area contributed by atoms with Crippen LogP contribution in [0.1, 0.15) is 44.8 Å². The van der Waals surface area contributed by atoms with E-state index in [1.807, 2.05) is 18.2 Å². The molecule has 2 N–H and O–H groups in total. The van der Waals surface area contributed by atoms with Crippen LogP contribution >= 0.6 is 11.6 Å². The highest BCUT2D eigenvalue weighted by molar-refractivity contribution is 6.30. The number of nitrogens with one attached hydrogen (secondary N) is 1. The first-order valence-electron chi connectivity index (χ1n) is 12.0. The number of amides is 1. The van der Waals surface area contributed by atoms with E-state index in [9.17, 15) is 18.4 Å². The predicted molar refractivity (Wildman–Crippen MR) is 145 cm³/mol. The minimum Gasteiger partial charge on any atom is -0.478 e. The fraction of sp³-hybridized carbons (Fsp3) is 0.100. The highest BCUT2D eigenvalue weighted by Crippen LogP contribution is 2.30. The summed E-state index contributed by atoms with van der Waals surface area (Å²) in [6.45, 7) is 2.13. The van der Waals surface area contributed by atoms with Gasteiger partial charge in [-0.2, -0.15) is 5.10 Å². The van der Waals surface area contributed by atoms with Crippen LogP contribution in [0, 0.1) is 11.6 Å². The maximum atomic E-state index is 14.0. The van der Waals surface area contributed by atoms with Crippen LogP contribution in [0.2, 0.25) is 5.02 Å². The lowest BCUT2D eigenvalue weighted by Gasteiger charge is -2.17. The molecule has 1 atom stereocenters. The molecule has 0 saturated heterocycles. The number of aromatic nitrogens is 2. The van der Waals surface area contributed by atoms with E-state index in [2.05, 4.69) is 10.4 Å². The Kier molecular flexibility index (Phi) is 7.13. The van der Waals surface area contributed by atoms with Gasteiger partial charge in [0.1, 0.15) is 0 Å². The van der Waals surface area contributed by atoms with Gasteiger partial charge in [-0.3, -0.25) is 9.48 Å². The van der Waals surface area contributed by atoms with Crippen LogP contribution in [0.3, 0.4) is 0 Å². The molecule has 0 aliphatic rings. The summed E-state index contributed by atoms with van der Waals surface area (Å²) >= 11 is 6.16. The number of carboxylic acids is 1. The molecular formula is C30H22ClF2N3O3. The Bertz CT molecular complexity index is 1720. The first-order chi connectivity index (χ1) is 18.7. The number of carboxylic acid groups (broad SMARTS) is 1. The fourth-order valence-electron chi connectivity index (χ4n) is 4.45. The van der Waals surface area contributed by atoms with E-state index in [0.717, 1.165) is 17.7 Å². The zero-order valence-electron chi connectivity index (χ0n) is 20.7. The normalized spacial score (nSPS) is 11.9. The highest BCUT2D eigenvalue weighted by Gasteiger charge is 2.20. The summed E-state index contributed by atoms with van der Waals surface area (Å²) < 4.78 is 29.3. The van der Waals surface area contributed by atoms with Gasteiger partial charge in [-0.25, -0.2) is 13.6 Å². The number of rotatable bonds is 7. The lowest BCUT2D eigenvalue weighted by molar-refractivity contribution is 0.0696. The number of carbonyl (C=O) groups excluding carboxylic acids is 1. The SMILES string of the molecule is C[C@H](NC(=O)c1cc(-c2ccc(F)c(F)c2)cc2cnn(Cc3cccc(Cl)c3)c12)c1ccc(C(=O)O)cc1. The van der Waals surface area contributed by atoms with Crippen LogP contribution in [-0.2, 0) is 6.54 Å². The molecule has 0 saturated carbocycles. The third-order valence-electron chi connectivity index (χ3n) is 6.46. The van der Waals surface area contributed by atoms with Crippen LogP contribution in [0.4, 0.5) is 8.78 Å². The molecule has 1 aromatic heterocycles. The minimum absolute atomic E-state index is 0.142. The van der Waals surface area contributed by atoms with Crippen molar-refractivity contribution in [1.29, 1.82) is 0 Å². The second-order valence-corrected chi connectivity index (χ2v) is 9.58. The smallest absolute Gasteiger partial charge is 0.335 e. The molecule has 0 aliphatic heterocycles. The second kappa shape index (κ2) is 10.7. The van der Waals surface area contributed by atoms with Gasteiger partial charge in [-0.05, 0) is 77.7 Å². The topological polar surface area (TPSA) is 84.2 Å². The summed E-state index contributed by atoms with van der Waals surface area (Å²) in [5.41, 5.74) is 3.53. The van der Waals surface area contributed by atoms with Crippen molar-refractivity contribution in [2.24, 2.45) is 0 Å². The molecule has 0 radical (unpaired) electrons. The molecule has 5 rings (SSSR count). The lowest BCUT2D eigenvalue weighted by atomic mass is 9.99. The maximum absolute atomic E-state index is 14.0. The number of carbonyl (C=O) groups is 2. The first-order valence-corrected chi connectivity index (χ1v) is 12.4. The molecule has 0 aliphatic carbocycles. The Morgan fingerprint density at radius 2 is 1.74 bits per heavy atom. The number of fused-ring (bicyclic) bond motifs is 1. The summed E-state index contributed by atoms with van der Waals surface area (Å²) in [4.78, 5) is 24.9. The number of aromatic carboxylic acids is 1. The molecule has 196 valence electrons. The van der Waals surface area contributed by atoms with Gasteiger partial charge in [0.25, 0.3) is 5.91 Å². The van der Waals surface area contributed by atoms with Gasteiger partial charge < -0.3 is 10.4 Å². The molecule has 39 heavy (non-hydrogen) atoms. The fourth-order valence-corrected chi connectivity index (χ4v) is 4.66. The molecular weight excluding hydrogens is 524 g/mol. The Hall–Kier alpha value is -4.56. The molecule has 4 aromatic carbocycles. The van der Waals surface area contributed by atoms with E-state index in [-0.39, 0.29) is 5.56 Å². The third-order valence-corrected chi connectivity index (χ3v) is 6.69. The van der Waals surface area contributed by atoms with Crippen molar-refractivity contribution in [2.45, 2.75) is 19.5 Å². The summed E-state index contributed by atoms with van der Waals surface area (Å²) in [5, 5.41) is 17.8. The molecule has 0 fully saturated rings. The van der Waals surface area contributed by atoms with Gasteiger partial charge in [0, 0.05) is 10.4 Å². The average Bonchev–Trinajstić information content (AvgIpc) is 3.32. The van der Waals surface area contributed by atoms with E-state index >= 15 is 0 Å². The van der Waals surface area contributed by atoms with Crippen molar-refractivity contribution >= 4 is 34.4 Å². The largest absolute Gasteiger partial charge is 0.478 e. The lowest BCUT2D eigenvalue weighted by Crippen LogP contribution is -2.27. The van der Waals surface area contributed by atoms with E-state index in [1.54, 1.807) is 48.1 Å². The monoisotopic (exact) mass is 545 g/mol. The summed E-state index contributed by atoms with van der Waals surface area (Å²) in [6.07, 6.45) is 1.62. The van der Waals surface area contributed by atoms with Gasteiger partial charge in [0.15, 0.2) is 11.6 Å². The van der Waals surface area contributed by atoms with Crippen LogP contribution in [0.5, 0.6) is 0 Å². The quantitative estimate of drug-likeness (QED) is 0.234. The number of hydrogen-bond donors (Lipinski definition) is 2. The summed E-state index contributed by atoms with van der Waals surface area (Å²) in [7, 11) is 0. The highest BCUT2D eigenvalue weighted by atomic mass is 35.5. The van der Waals surface area contributed by atoms with E-state index < -0.39 is 29.6 Å². The zero-order chi connectivity index (χ0) is 27.7. The molecule has 0 unspecified atom stereocenters. The van der Waals surface area contributed by atoms with Crippen molar-refractivity contribution < 1.29 is 23.5 Å². The van der Waals surface area contributed by atoms with Gasteiger partial charge in [-0.15, -0.1) is 0 Å². The number of nitrogens with zero attached hydrogens (tertiary/aromatic N) is 2. The predicted octanol–water partition coefficient (Wildman–Crippen LogP) is 6.87. The molecule has 6 nitrogen and oxygen atoms in total. The number of halogens is 3. The number of hydrogen-bond acceptors (Lipinski definition) is 3. The van der Waals surface area contributed by atoms with Crippen molar-refractivity contribution in [3.05, 3.63) is 124 Å². The van der Waals surface area contributed by atoms with Crippen molar-refractivity contribution in [3.63, 3.8) is 0 Å². The summed E-state index contributed by atoms with van der Waals surface area (Å²) in [5.74, 6) is -3.40. The van der Waals surface area contributed by atoms with Crippen LogP contribution in [-0.4, -0.2) is 26.8 Å². The maximum Gasteiger partial charge on any atom is 0.335 e. The average molecular weight is 546 g/mol. The molecule has 1 amide bonds. The standard InChI is InChI=1S/C30H22ClF2N3O3/c1-17(19-5-7-20(8-6-19)30(38)39)35-29(37)25-13-22(21-9-10-26(32)27(33)14-21)12-23-15-34-36(28(23)25)16-18-3-2-4-24(31)11-18/h2-15,17H,16H2,1H3,(H,35,37)(H,38,39)/t17-/m0/s1. The van der Waals surface area contributed by atoms with Gasteiger partial charge >= 0.3 is 5.97 Å². The Morgan fingerprint density at radius 1 is 0.974 bits per heavy atom. The van der Waals surface area contributed by atoms with Crippen molar-refractivity contribution in [3.8, 4) is 11.1 Å². The van der Waals surface area contributed by atoms with E-state index in [4.69, 9.17) is 16.7 Å².